The molecule has 0 spiro atoms. The van der Waals surface area contributed by atoms with Crippen molar-refractivity contribution in [1.82, 2.24) is 4.98 Å². The fourth-order valence-electron chi connectivity index (χ4n) is 1.64. The molecule has 0 aliphatic heterocycles. The van der Waals surface area contributed by atoms with Gasteiger partial charge < -0.3 is 15.6 Å². The van der Waals surface area contributed by atoms with Gasteiger partial charge in [-0.05, 0) is 18.2 Å². The number of fused-ring (bicyclic) bond motifs is 1. The zero-order valence-electron chi connectivity index (χ0n) is 8.60. The Labute approximate surface area is 91.5 Å². The Hall–Kier alpha value is -2.30. The van der Waals surface area contributed by atoms with Crippen LogP contribution in [0.15, 0.2) is 24.4 Å². The van der Waals surface area contributed by atoms with Crippen LogP contribution >= 0.6 is 0 Å². The van der Waals surface area contributed by atoms with Crippen molar-refractivity contribution in [2.75, 3.05) is 12.8 Å². The van der Waals surface area contributed by atoms with Crippen LogP contribution in [0, 0.1) is 0 Å². The summed E-state index contributed by atoms with van der Waals surface area (Å²) in [7, 11) is 1.52. The highest BCUT2D eigenvalue weighted by Gasteiger charge is 2.14. The Morgan fingerprint density at radius 2 is 2.19 bits per heavy atom. The molecule has 5 nitrogen and oxygen atoms in total. The number of hydrogen-bond donors (Lipinski definition) is 2. The van der Waals surface area contributed by atoms with E-state index >= 15 is 0 Å². The van der Waals surface area contributed by atoms with E-state index in [1.165, 1.54) is 13.3 Å². The van der Waals surface area contributed by atoms with E-state index in [1.807, 2.05) is 0 Å². The number of rotatable bonds is 2. The van der Waals surface area contributed by atoms with Gasteiger partial charge in [0.05, 0.1) is 7.11 Å². The van der Waals surface area contributed by atoms with E-state index in [4.69, 9.17) is 15.6 Å². The first-order chi connectivity index (χ1) is 7.65. The van der Waals surface area contributed by atoms with Gasteiger partial charge in [-0.2, -0.15) is 0 Å². The number of anilines is 1. The van der Waals surface area contributed by atoms with Gasteiger partial charge in [0.1, 0.15) is 5.75 Å². The summed E-state index contributed by atoms with van der Waals surface area (Å²) in [6.45, 7) is 0. The van der Waals surface area contributed by atoms with Gasteiger partial charge in [-0.1, -0.05) is 0 Å². The predicted octanol–water partition coefficient (Wildman–Crippen LogP) is 1.52. The molecule has 0 saturated heterocycles. The molecule has 3 N–H and O–H groups in total. The fraction of sp³-hybridized carbons (Fsp3) is 0.0909. The molecule has 0 bridgehead atoms. The quantitative estimate of drug-likeness (QED) is 0.746. The van der Waals surface area contributed by atoms with Crippen LogP contribution in [-0.2, 0) is 0 Å². The van der Waals surface area contributed by atoms with Crippen LogP contribution in [0.25, 0.3) is 10.8 Å². The normalized spacial score (nSPS) is 10.3. The van der Waals surface area contributed by atoms with Gasteiger partial charge in [-0.25, -0.2) is 9.78 Å². The van der Waals surface area contributed by atoms with Gasteiger partial charge in [0.2, 0.25) is 0 Å². The third-order valence-corrected chi connectivity index (χ3v) is 2.34. The van der Waals surface area contributed by atoms with Crippen LogP contribution < -0.4 is 10.5 Å². The number of carboxylic acids is 1. The van der Waals surface area contributed by atoms with E-state index in [1.54, 1.807) is 18.2 Å². The maximum Gasteiger partial charge on any atom is 0.355 e. The fourth-order valence-corrected chi connectivity index (χ4v) is 1.64. The predicted molar refractivity (Wildman–Crippen MR) is 59.7 cm³/mol. The second kappa shape index (κ2) is 3.69. The highest BCUT2D eigenvalue weighted by molar-refractivity contribution is 6.08. The number of benzene rings is 1. The second-order valence-electron chi connectivity index (χ2n) is 3.24. The van der Waals surface area contributed by atoms with Crippen molar-refractivity contribution in [2.45, 2.75) is 0 Å². The average Bonchev–Trinajstić information content (AvgIpc) is 2.29. The minimum absolute atomic E-state index is 0.0612. The highest BCUT2D eigenvalue weighted by atomic mass is 16.5. The molecular formula is C11H10N2O3. The number of aromatic carboxylic acids is 1. The summed E-state index contributed by atoms with van der Waals surface area (Å²) in [5.74, 6) is -0.528. The lowest BCUT2D eigenvalue weighted by atomic mass is 10.1. The summed E-state index contributed by atoms with van der Waals surface area (Å²) < 4.78 is 5.14. The molecule has 0 radical (unpaired) electrons. The number of hydrogen-bond acceptors (Lipinski definition) is 4. The monoisotopic (exact) mass is 218 g/mol. The van der Waals surface area contributed by atoms with Crippen molar-refractivity contribution in [1.29, 1.82) is 0 Å². The maximum atomic E-state index is 11.0. The number of methoxy groups -OCH3 is 1. The van der Waals surface area contributed by atoms with Crippen LogP contribution in [0.4, 0.5) is 5.69 Å². The lowest BCUT2D eigenvalue weighted by Gasteiger charge is -2.08. The van der Waals surface area contributed by atoms with Crippen LogP contribution in [0.3, 0.4) is 0 Å². The molecule has 1 aromatic carbocycles. The first-order valence-corrected chi connectivity index (χ1v) is 4.59. The van der Waals surface area contributed by atoms with E-state index in [2.05, 4.69) is 4.98 Å². The molecule has 0 saturated carbocycles. The Bertz CT molecular complexity index is 566. The van der Waals surface area contributed by atoms with Crippen LogP contribution in [0.5, 0.6) is 5.75 Å². The minimum Gasteiger partial charge on any atom is -0.496 e. The van der Waals surface area contributed by atoms with E-state index in [9.17, 15) is 4.79 Å². The van der Waals surface area contributed by atoms with E-state index in [0.717, 1.165) is 0 Å². The van der Waals surface area contributed by atoms with Crippen LogP contribution in [0.1, 0.15) is 10.5 Å². The molecule has 0 unspecified atom stereocenters. The van der Waals surface area contributed by atoms with Crippen molar-refractivity contribution in [3.8, 4) is 5.75 Å². The third-order valence-electron chi connectivity index (χ3n) is 2.34. The van der Waals surface area contributed by atoms with Gasteiger partial charge in [-0.3, -0.25) is 0 Å². The summed E-state index contributed by atoms with van der Waals surface area (Å²) in [6, 6.07) is 4.98. The van der Waals surface area contributed by atoms with E-state index in [-0.39, 0.29) is 5.69 Å². The molecule has 5 heteroatoms. The summed E-state index contributed by atoms with van der Waals surface area (Å²) in [5.41, 5.74) is 6.07. The molecule has 0 atom stereocenters. The highest BCUT2D eigenvalue weighted by Crippen LogP contribution is 2.31. The Morgan fingerprint density at radius 3 is 2.81 bits per heavy atom. The molecule has 0 amide bonds. The first-order valence-electron chi connectivity index (χ1n) is 4.59. The van der Waals surface area contributed by atoms with Crippen molar-refractivity contribution in [3.05, 3.63) is 30.1 Å². The molecule has 82 valence electrons. The van der Waals surface area contributed by atoms with E-state index in [0.29, 0.717) is 22.2 Å². The topological polar surface area (TPSA) is 85.4 Å². The number of carboxylic acid groups (broad SMARTS) is 1. The number of ether oxygens (including phenoxy) is 1. The summed E-state index contributed by atoms with van der Waals surface area (Å²) in [5, 5.41) is 10.1. The van der Waals surface area contributed by atoms with Crippen LogP contribution in [-0.4, -0.2) is 23.2 Å². The van der Waals surface area contributed by atoms with Gasteiger partial charge in [0.25, 0.3) is 0 Å². The Balaban J connectivity index is 2.91. The first kappa shape index (κ1) is 10.2. The number of aromatic nitrogens is 1. The Morgan fingerprint density at radius 1 is 1.44 bits per heavy atom. The average molecular weight is 218 g/mol. The number of nitrogens with two attached hydrogens (primary N) is 1. The number of nitrogens with zero attached hydrogens (tertiary/aromatic N) is 1. The van der Waals surface area contributed by atoms with Crippen molar-refractivity contribution in [2.24, 2.45) is 0 Å². The molecule has 16 heavy (non-hydrogen) atoms. The zero-order chi connectivity index (χ0) is 11.7. The van der Waals surface area contributed by atoms with E-state index < -0.39 is 5.97 Å². The smallest absolute Gasteiger partial charge is 0.355 e. The number of pyridine rings is 1. The standard InChI is InChI=1S/C11H10N2O3/c1-16-8-3-2-7(12)9-6(8)4-5-13-10(9)11(14)15/h2-5H,12H2,1H3,(H,14,15). The summed E-state index contributed by atoms with van der Waals surface area (Å²) in [6.07, 6.45) is 1.42. The molecular weight excluding hydrogens is 208 g/mol. The number of nitrogen functional groups attached to an aromatic ring is 1. The maximum absolute atomic E-state index is 11.0. The molecule has 2 rings (SSSR count). The molecule has 1 heterocycles. The zero-order valence-corrected chi connectivity index (χ0v) is 8.60. The lowest BCUT2D eigenvalue weighted by molar-refractivity contribution is 0.0693. The van der Waals surface area contributed by atoms with Crippen molar-refractivity contribution in [3.63, 3.8) is 0 Å². The molecule has 0 aliphatic rings. The van der Waals surface area contributed by atoms with Gasteiger partial charge >= 0.3 is 5.97 Å². The molecule has 0 fully saturated rings. The van der Waals surface area contributed by atoms with Crippen LogP contribution in [0.2, 0.25) is 0 Å². The summed E-state index contributed by atoms with van der Waals surface area (Å²) >= 11 is 0. The largest absolute Gasteiger partial charge is 0.496 e. The van der Waals surface area contributed by atoms with Gasteiger partial charge in [0.15, 0.2) is 5.69 Å². The minimum atomic E-state index is -1.11. The molecule has 2 aromatic rings. The molecule has 1 aromatic heterocycles. The third kappa shape index (κ3) is 1.42. The van der Waals surface area contributed by atoms with Crippen molar-refractivity contribution < 1.29 is 14.6 Å². The molecule has 0 aliphatic carbocycles. The lowest BCUT2D eigenvalue weighted by Crippen LogP contribution is -2.03. The summed E-state index contributed by atoms with van der Waals surface area (Å²) in [4.78, 5) is 14.8. The van der Waals surface area contributed by atoms with Gasteiger partial charge in [-0.15, -0.1) is 0 Å². The van der Waals surface area contributed by atoms with Crippen molar-refractivity contribution >= 4 is 22.4 Å². The second-order valence-corrected chi connectivity index (χ2v) is 3.24. The SMILES string of the molecule is COc1ccc(N)c2c(C(=O)O)nccc12. The Kier molecular flexibility index (Phi) is 2.36. The van der Waals surface area contributed by atoms with Gasteiger partial charge in [0, 0.05) is 22.7 Å². The number of carbonyl (C=O) groups is 1.